The van der Waals surface area contributed by atoms with Crippen molar-refractivity contribution in [2.45, 2.75) is 32.4 Å². The van der Waals surface area contributed by atoms with Crippen molar-refractivity contribution in [3.63, 3.8) is 0 Å². The van der Waals surface area contributed by atoms with Crippen molar-refractivity contribution < 1.29 is 18.7 Å². The molecule has 0 aliphatic carbocycles. The Morgan fingerprint density at radius 3 is 2.68 bits per heavy atom. The molecule has 2 aromatic carbocycles. The number of fused-ring (bicyclic) bond motifs is 1. The molecule has 5 nitrogen and oxygen atoms in total. The molecule has 1 amide bonds. The van der Waals surface area contributed by atoms with Crippen LogP contribution in [-0.4, -0.2) is 31.8 Å². The first-order chi connectivity index (χ1) is 14.9. The van der Waals surface area contributed by atoms with Crippen LogP contribution in [0.1, 0.15) is 37.0 Å². The van der Waals surface area contributed by atoms with Gasteiger partial charge in [-0.05, 0) is 62.2 Å². The zero-order valence-corrected chi connectivity index (χ0v) is 18.0. The molecule has 4 rings (SSSR count). The van der Waals surface area contributed by atoms with Crippen molar-refractivity contribution in [3.05, 3.63) is 76.8 Å². The van der Waals surface area contributed by atoms with Gasteiger partial charge in [-0.15, -0.1) is 0 Å². The lowest BCUT2D eigenvalue weighted by atomic mass is 9.91. The van der Waals surface area contributed by atoms with Crippen LogP contribution < -0.4 is 10.6 Å². The summed E-state index contributed by atoms with van der Waals surface area (Å²) in [5, 5.41) is 6.19. The Bertz CT molecular complexity index is 1050. The molecule has 0 atom stereocenters. The predicted molar refractivity (Wildman–Crippen MR) is 120 cm³/mol. The average Bonchev–Trinajstić information content (AvgIpc) is 3.22. The molecule has 31 heavy (non-hydrogen) atoms. The Hall–Kier alpha value is -2.96. The van der Waals surface area contributed by atoms with Crippen LogP contribution >= 0.6 is 0 Å². The van der Waals surface area contributed by atoms with E-state index in [9.17, 15) is 9.18 Å². The van der Waals surface area contributed by atoms with Gasteiger partial charge in [0.15, 0.2) is 0 Å². The van der Waals surface area contributed by atoms with E-state index in [1.54, 1.807) is 13.2 Å². The molecule has 0 radical (unpaired) electrons. The Balaban J connectivity index is 1.58. The molecule has 0 bridgehead atoms. The molecule has 2 aliphatic heterocycles. The minimum absolute atomic E-state index is 0.279. The number of hydrogen-bond acceptors (Lipinski definition) is 4. The monoisotopic (exact) mass is 422 g/mol. The minimum atomic E-state index is -0.612. The third-order valence-electron chi connectivity index (χ3n) is 5.56. The lowest BCUT2D eigenvalue weighted by molar-refractivity contribution is -0.111. The molecule has 2 aromatic rings. The second-order valence-electron chi connectivity index (χ2n) is 8.27. The molecule has 0 saturated heterocycles. The van der Waals surface area contributed by atoms with E-state index in [0.717, 1.165) is 37.3 Å². The Morgan fingerprint density at radius 2 is 1.94 bits per heavy atom. The highest BCUT2D eigenvalue weighted by molar-refractivity contribution is 6.32. The average molecular weight is 423 g/mol. The van der Waals surface area contributed by atoms with E-state index in [1.165, 1.54) is 17.7 Å². The summed E-state index contributed by atoms with van der Waals surface area (Å²) in [6, 6.07) is 12.6. The molecule has 0 spiro atoms. The Morgan fingerprint density at radius 1 is 1.16 bits per heavy atom. The van der Waals surface area contributed by atoms with Gasteiger partial charge in [-0.1, -0.05) is 24.3 Å². The number of anilines is 1. The number of benzene rings is 2. The zero-order valence-electron chi connectivity index (χ0n) is 18.0. The smallest absolute Gasteiger partial charge is 0.260 e. The molecule has 0 saturated carbocycles. The number of hydrogen-bond donors (Lipinski definition) is 2. The van der Waals surface area contributed by atoms with Gasteiger partial charge in [0.25, 0.3) is 5.91 Å². The first-order valence-corrected chi connectivity index (χ1v) is 10.4. The standard InChI is InChI=1S/C25H27FN2O3/c1-25(2)20(17-7-5-16(6-8-17)15-27-11-4-12-30-3)14-22(31-25)23-19-13-18(26)9-10-21(19)28-24(23)29/h5-10,13-14,27H,4,11-12,15H2,1-3H3,(H,28,29)/b23-22+. The van der Waals surface area contributed by atoms with Gasteiger partial charge in [-0.2, -0.15) is 0 Å². The summed E-state index contributed by atoms with van der Waals surface area (Å²) < 4.78 is 25.0. The van der Waals surface area contributed by atoms with Crippen LogP contribution in [0.4, 0.5) is 10.1 Å². The van der Waals surface area contributed by atoms with E-state index in [0.29, 0.717) is 22.6 Å². The van der Waals surface area contributed by atoms with Gasteiger partial charge in [0.05, 0.1) is 5.57 Å². The van der Waals surface area contributed by atoms with Crippen molar-refractivity contribution in [2.75, 3.05) is 25.6 Å². The summed E-state index contributed by atoms with van der Waals surface area (Å²) in [5.41, 5.74) is 4.08. The number of ether oxygens (including phenoxy) is 2. The molecule has 162 valence electrons. The van der Waals surface area contributed by atoms with Crippen molar-refractivity contribution in [1.29, 1.82) is 0 Å². The molecular formula is C25H27FN2O3. The molecule has 0 aromatic heterocycles. The normalized spacial score (nSPS) is 19.1. The second-order valence-corrected chi connectivity index (χ2v) is 8.27. The first-order valence-electron chi connectivity index (χ1n) is 10.4. The van der Waals surface area contributed by atoms with E-state index in [1.807, 2.05) is 19.9 Å². The number of amides is 1. The number of nitrogens with one attached hydrogen (secondary N) is 2. The summed E-state index contributed by atoms with van der Waals surface area (Å²) in [6.45, 7) is 6.39. The van der Waals surface area contributed by atoms with Gasteiger partial charge in [-0.25, -0.2) is 4.39 Å². The molecule has 2 aliphatic rings. The van der Waals surface area contributed by atoms with Gasteiger partial charge in [0, 0.05) is 37.1 Å². The number of halogens is 1. The highest BCUT2D eigenvalue weighted by Crippen LogP contribution is 2.44. The van der Waals surface area contributed by atoms with Gasteiger partial charge >= 0.3 is 0 Å². The lowest BCUT2D eigenvalue weighted by Gasteiger charge is -2.23. The van der Waals surface area contributed by atoms with Crippen LogP contribution in [0.3, 0.4) is 0 Å². The van der Waals surface area contributed by atoms with Crippen LogP contribution in [-0.2, 0) is 20.8 Å². The first kappa shape index (κ1) is 21.3. The van der Waals surface area contributed by atoms with Crippen LogP contribution in [0.25, 0.3) is 11.1 Å². The van der Waals surface area contributed by atoms with E-state index in [4.69, 9.17) is 9.47 Å². The summed E-state index contributed by atoms with van der Waals surface area (Å²) >= 11 is 0. The van der Waals surface area contributed by atoms with E-state index in [-0.39, 0.29) is 11.7 Å². The number of methoxy groups -OCH3 is 1. The van der Waals surface area contributed by atoms with Crippen molar-refractivity contribution in [3.8, 4) is 0 Å². The largest absolute Gasteiger partial charge is 0.482 e. The van der Waals surface area contributed by atoms with Crippen molar-refractivity contribution in [2.24, 2.45) is 0 Å². The quantitative estimate of drug-likeness (QED) is 0.509. The van der Waals surface area contributed by atoms with E-state index < -0.39 is 5.60 Å². The molecule has 6 heteroatoms. The fourth-order valence-electron chi connectivity index (χ4n) is 3.98. The van der Waals surface area contributed by atoms with Gasteiger partial charge in [0.2, 0.25) is 0 Å². The lowest BCUT2D eigenvalue weighted by Crippen LogP contribution is -2.21. The molecular weight excluding hydrogens is 395 g/mol. The number of allylic oxidation sites excluding steroid dienone is 1. The molecule has 0 fully saturated rings. The number of carbonyl (C=O) groups excluding carboxylic acids is 1. The van der Waals surface area contributed by atoms with Crippen molar-refractivity contribution in [1.82, 2.24) is 5.32 Å². The second kappa shape index (κ2) is 8.65. The maximum Gasteiger partial charge on any atom is 0.260 e. The van der Waals surface area contributed by atoms with Gasteiger partial charge < -0.3 is 20.1 Å². The third kappa shape index (κ3) is 4.40. The Kier molecular flexibility index (Phi) is 5.94. The Labute approximate surface area is 181 Å². The SMILES string of the molecule is COCCCNCc1ccc(C2=C/C(=C3\C(=O)Nc4ccc(F)cc43)OC2(C)C)cc1. The van der Waals surface area contributed by atoms with E-state index >= 15 is 0 Å². The number of rotatable bonds is 7. The summed E-state index contributed by atoms with van der Waals surface area (Å²) in [7, 11) is 1.71. The van der Waals surface area contributed by atoms with Crippen LogP contribution in [0.2, 0.25) is 0 Å². The van der Waals surface area contributed by atoms with Crippen molar-refractivity contribution >= 4 is 22.7 Å². The van der Waals surface area contributed by atoms with Crippen LogP contribution in [0, 0.1) is 5.82 Å². The van der Waals surface area contributed by atoms with E-state index in [2.05, 4.69) is 34.9 Å². The summed E-state index contributed by atoms with van der Waals surface area (Å²) in [6.07, 6.45) is 2.87. The maximum atomic E-state index is 13.8. The molecule has 2 heterocycles. The number of carbonyl (C=O) groups is 1. The fraction of sp³-hybridized carbons (Fsp3) is 0.320. The summed E-state index contributed by atoms with van der Waals surface area (Å²) in [4.78, 5) is 12.6. The highest BCUT2D eigenvalue weighted by Gasteiger charge is 2.38. The minimum Gasteiger partial charge on any atom is -0.482 e. The maximum absolute atomic E-state index is 13.8. The van der Waals surface area contributed by atoms with Gasteiger partial charge in [-0.3, -0.25) is 4.79 Å². The zero-order chi connectivity index (χ0) is 22.0. The molecule has 0 unspecified atom stereocenters. The fourth-order valence-corrected chi connectivity index (χ4v) is 3.98. The van der Waals surface area contributed by atoms with Gasteiger partial charge in [0.1, 0.15) is 17.2 Å². The van der Waals surface area contributed by atoms with Crippen LogP contribution in [0.5, 0.6) is 0 Å². The molecule has 2 N–H and O–H groups in total. The summed E-state index contributed by atoms with van der Waals surface area (Å²) in [5.74, 6) is -0.203. The topological polar surface area (TPSA) is 59.6 Å². The highest BCUT2D eigenvalue weighted by atomic mass is 19.1. The third-order valence-corrected chi connectivity index (χ3v) is 5.56. The predicted octanol–water partition coefficient (Wildman–Crippen LogP) is 4.51. The van der Waals surface area contributed by atoms with Crippen LogP contribution in [0.15, 0.2) is 54.3 Å².